The Morgan fingerprint density at radius 1 is 1.27 bits per heavy atom. The quantitative estimate of drug-likeness (QED) is 0.764. The molecule has 3 heterocycles. The highest BCUT2D eigenvalue weighted by molar-refractivity contribution is 6.31. The fourth-order valence-electron chi connectivity index (χ4n) is 3.36. The van der Waals surface area contributed by atoms with Crippen LogP contribution in [-0.4, -0.2) is 38.7 Å². The van der Waals surface area contributed by atoms with Crippen LogP contribution in [0.2, 0.25) is 5.02 Å². The number of primary amides is 1. The van der Waals surface area contributed by atoms with Gasteiger partial charge in [-0.3, -0.25) is 4.79 Å². The molecule has 4 rings (SSSR count). The minimum atomic E-state index is -0.221. The summed E-state index contributed by atoms with van der Waals surface area (Å²) in [5.41, 5.74) is 8.02. The van der Waals surface area contributed by atoms with Crippen LogP contribution in [0.3, 0.4) is 0 Å². The van der Waals surface area contributed by atoms with Crippen LogP contribution in [-0.2, 0) is 4.79 Å². The summed E-state index contributed by atoms with van der Waals surface area (Å²) in [6.07, 6.45) is 4.80. The van der Waals surface area contributed by atoms with Crippen LogP contribution in [0.5, 0.6) is 0 Å². The van der Waals surface area contributed by atoms with E-state index in [4.69, 9.17) is 17.3 Å². The second kappa shape index (κ2) is 6.57. The zero-order valence-corrected chi connectivity index (χ0v) is 15.1. The number of nitrogens with two attached hydrogens (primary N) is 1. The van der Waals surface area contributed by atoms with Crippen molar-refractivity contribution in [3.63, 3.8) is 0 Å². The number of benzene rings is 1. The van der Waals surface area contributed by atoms with Gasteiger partial charge in [-0.25, -0.2) is 14.6 Å². The molecular weight excluding hydrogens is 352 g/mol. The lowest BCUT2D eigenvalue weighted by Crippen LogP contribution is -2.39. The normalized spacial score (nSPS) is 15.5. The van der Waals surface area contributed by atoms with Crippen molar-refractivity contribution >= 4 is 34.4 Å². The molecule has 2 N–H and O–H groups in total. The van der Waals surface area contributed by atoms with Gasteiger partial charge in [-0.05, 0) is 37.5 Å². The lowest BCUT2D eigenvalue weighted by Gasteiger charge is -2.31. The lowest BCUT2D eigenvalue weighted by molar-refractivity contribution is -0.122. The third-order valence-electron chi connectivity index (χ3n) is 4.94. The molecule has 2 aromatic heterocycles. The molecule has 1 aromatic carbocycles. The largest absolute Gasteiger partial charge is 0.369 e. The van der Waals surface area contributed by atoms with E-state index in [0.29, 0.717) is 5.02 Å². The Kier molecular flexibility index (Phi) is 4.24. The molecule has 0 bridgehead atoms. The standard InChI is InChI=1S/C18H19ClN6O/c1-11-2-3-13(8-15(11)19)25-18-14(9-23-25)17(21-10-22-18)24-6-4-12(5-7-24)16(20)26/h2-3,8-10,12H,4-7H2,1H3,(H2,20,26). The maximum Gasteiger partial charge on any atom is 0.220 e. The minimum Gasteiger partial charge on any atom is -0.369 e. The monoisotopic (exact) mass is 370 g/mol. The summed E-state index contributed by atoms with van der Waals surface area (Å²) < 4.78 is 1.77. The molecule has 0 aliphatic carbocycles. The third-order valence-corrected chi connectivity index (χ3v) is 5.35. The lowest BCUT2D eigenvalue weighted by atomic mass is 9.96. The van der Waals surface area contributed by atoms with Crippen LogP contribution in [0.25, 0.3) is 16.7 Å². The molecule has 26 heavy (non-hydrogen) atoms. The van der Waals surface area contributed by atoms with Crippen LogP contribution in [0.15, 0.2) is 30.7 Å². The molecular formula is C18H19ClN6O. The molecule has 0 atom stereocenters. The molecule has 1 aliphatic heterocycles. The van der Waals surface area contributed by atoms with Crippen LogP contribution in [0, 0.1) is 12.8 Å². The number of piperidine rings is 1. The second-order valence-electron chi connectivity index (χ2n) is 6.59. The number of hydrogen-bond donors (Lipinski definition) is 1. The summed E-state index contributed by atoms with van der Waals surface area (Å²) >= 11 is 6.25. The Hall–Kier alpha value is -2.67. The van der Waals surface area contributed by atoms with Crippen molar-refractivity contribution in [2.45, 2.75) is 19.8 Å². The molecule has 7 nitrogen and oxygen atoms in total. The smallest absolute Gasteiger partial charge is 0.220 e. The van der Waals surface area contributed by atoms with E-state index in [-0.39, 0.29) is 11.8 Å². The molecule has 0 saturated carbocycles. The second-order valence-corrected chi connectivity index (χ2v) is 7.00. The number of nitrogens with zero attached hydrogens (tertiary/aromatic N) is 5. The Bertz CT molecular complexity index is 977. The van der Waals surface area contributed by atoms with Gasteiger partial charge in [0, 0.05) is 24.0 Å². The van der Waals surface area contributed by atoms with Crippen LogP contribution < -0.4 is 10.6 Å². The van der Waals surface area contributed by atoms with Gasteiger partial charge in [0.2, 0.25) is 5.91 Å². The number of aromatic nitrogens is 4. The molecule has 0 radical (unpaired) electrons. The number of amides is 1. The Morgan fingerprint density at radius 3 is 2.73 bits per heavy atom. The summed E-state index contributed by atoms with van der Waals surface area (Å²) in [7, 11) is 0. The van der Waals surface area contributed by atoms with Crippen molar-refractivity contribution in [2.75, 3.05) is 18.0 Å². The molecule has 1 aliphatic rings. The molecule has 1 fully saturated rings. The van der Waals surface area contributed by atoms with Gasteiger partial charge in [0.1, 0.15) is 12.1 Å². The fraction of sp³-hybridized carbons (Fsp3) is 0.333. The van der Waals surface area contributed by atoms with Crippen molar-refractivity contribution in [2.24, 2.45) is 11.7 Å². The van der Waals surface area contributed by atoms with E-state index in [9.17, 15) is 4.79 Å². The van der Waals surface area contributed by atoms with Crippen molar-refractivity contribution in [1.82, 2.24) is 19.7 Å². The van der Waals surface area contributed by atoms with Crippen molar-refractivity contribution < 1.29 is 4.79 Å². The molecule has 8 heteroatoms. The highest BCUT2D eigenvalue weighted by Gasteiger charge is 2.25. The molecule has 1 amide bonds. The van der Waals surface area contributed by atoms with Gasteiger partial charge in [0.05, 0.1) is 17.3 Å². The number of anilines is 1. The third kappa shape index (κ3) is 2.88. The highest BCUT2D eigenvalue weighted by Crippen LogP contribution is 2.29. The van der Waals surface area contributed by atoms with E-state index in [2.05, 4.69) is 20.0 Å². The summed E-state index contributed by atoms with van der Waals surface area (Å²) in [4.78, 5) is 22.4. The zero-order chi connectivity index (χ0) is 18.3. The number of carbonyl (C=O) groups excluding carboxylic acids is 1. The Morgan fingerprint density at radius 2 is 2.04 bits per heavy atom. The summed E-state index contributed by atoms with van der Waals surface area (Å²) in [5.74, 6) is 0.560. The first kappa shape index (κ1) is 16.8. The summed E-state index contributed by atoms with van der Waals surface area (Å²) in [5, 5.41) is 6.06. The molecule has 134 valence electrons. The number of fused-ring (bicyclic) bond motifs is 1. The minimum absolute atomic E-state index is 0.0546. The first-order valence-electron chi connectivity index (χ1n) is 8.54. The van der Waals surface area contributed by atoms with Gasteiger partial charge in [-0.2, -0.15) is 5.10 Å². The van der Waals surface area contributed by atoms with Gasteiger partial charge in [0.15, 0.2) is 5.65 Å². The van der Waals surface area contributed by atoms with Crippen LogP contribution in [0.4, 0.5) is 5.82 Å². The van der Waals surface area contributed by atoms with E-state index in [1.54, 1.807) is 17.2 Å². The van der Waals surface area contributed by atoms with Gasteiger partial charge in [-0.1, -0.05) is 17.7 Å². The maximum atomic E-state index is 11.4. The average molecular weight is 371 g/mol. The van der Waals surface area contributed by atoms with Gasteiger partial charge >= 0.3 is 0 Å². The predicted octanol–water partition coefficient (Wildman–Crippen LogP) is 2.48. The number of halogens is 1. The number of carbonyl (C=O) groups is 1. The highest BCUT2D eigenvalue weighted by atomic mass is 35.5. The van der Waals surface area contributed by atoms with Gasteiger partial charge < -0.3 is 10.6 Å². The average Bonchev–Trinajstić information content (AvgIpc) is 3.08. The zero-order valence-electron chi connectivity index (χ0n) is 14.4. The SMILES string of the molecule is Cc1ccc(-n2ncc3c(N4CCC(C(N)=O)CC4)ncnc32)cc1Cl. The predicted molar refractivity (Wildman–Crippen MR) is 101 cm³/mol. The Balaban J connectivity index is 1.69. The molecule has 0 spiro atoms. The van der Waals surface area contributed by atoms with Crippen molar-refractivity contribution in [3.05, 3.63) is 41.3 Å². The van der Waals surface area contributed by atoms with Gasteiger partial charge in [0.25, 0.3) is 0 Å². The molecule has 0 unspecified atom stereocenters. The first-order chi connectivity index (χ1) is 12.5. The van der Waals surface area contributed by atoms with E-state index in [0.717, 1.165) is 54.0 Å². The number of aryl methyl sites for hydroxylation is 1. The summed E-state index contributed by atoms with van der Waals surface area (Å²) in [6, 6.07) is 5.80. The van der Waals surface area contributed by atoms with Crippen LogP contribution in [0.1, 0.15) is 18.4 Å². The van der Waals surface area contributed by atoms with Crippen molar-refractivity contribution in [3.8, 4) is 5.69 Å². The van der Waals surface area contributed by atoms with Crippen molar-refractivity contribution in [1.29, 1.82) is 0 Å². The topological polar surface area (TPSA) is 89.9 Å². The van der Waals surface area contributed by atoms with E-state index < -0.39 is 0 Å². The fourth-order valence-corrected chi connectivity index (χ4v) is 3.54. The molecule has 1 saturated heterocycles. The number of rotatable bonds is 3. The van der Waals surface area contributed by atoms with E-state index in [1.165, 1.54) is 0 Å². The van der Waals surface area contributed by atoms with E-state index >= 15 is 0 Å². The summed E-state index contributed by atoms with van der Waals surface area (Å²) in [6.45, 7) is 3.44. The maximum absolute atomic E-state index is 11.4. The number of hydrogen-bond acceptors (Lipinski definition) is 5. The molecule has 3 aromatic rings. The first-order valence-corrected chi connectivity index (χ1v) is 8.92. The Labute approximate surface area is 155 Å². The van der Waals surface area contributed by atoms with Crippen LogP contribution >= 0.6 is 11.6 Å². The van der Waals surface area contributed by atoms with E-state index in [1.807, 2.05) is 25.1 Å². The van der Waals surface area contributed by atoms with Gasteiger partial charge in [-0.15, -0.1) is 0 Å².